The molecule has 0 bridgehead atoms. The van der Waals surface area contributed by atoms with Crippen molar-refractivity contribution in [1.82, 2.24) is 4.98 Å². The number of hydrogen-bond donors (Lipinski definition) is 1. The normalized spacial score (nSPS) is 20.4. The van der Waals surface area contributed by atoms with Gasteiger partial charge >= 0.3 is 6.18 Å². The molecule has 106 valence electrons. The number of nitrogens with zero attached hydrogens (tertiary/aromatic N) is 2. The third kappa shape index (κ3) is 3.52. The monoisotopic (exact) mass is 273 g/mol. The maximum Gasteiger partial charge on any atom is 0.393 e. The second-order valence-corrected chi connectivity index (χ2v) is 4.79. The molecule has 2 rings (SSSR count). The Labute approximate surface area is 110 Å². The van der Waals surface area contributed by atoms with Gasteiger partial charge in [-0.3, -0.25) is 4.98 Å². The van der Waals surface area contributed by atoms with Crippen LogP contribution in [0.25, 0.3) is 0 Å². The maximum absolute atomic E-state index is 12.8. The molecule has 1 aromatic heterocycles. The molecule has 0 amide bonds. The molecular formula is C13H18F3N3. The summed E-state index contributed by atoms with van der Waals surface area (Å²) >= 11 is 0. The molecule has 19 heavy (non-hydrogen) atoms. The summed E-state index contributed by atoms with van der Waals surface area (Å²) in [6, 6.07) is 1.86. The lowest BCUT2D eigenvalue weighted by molar-refractivity contribution is -0.175. The van der Waals surface area contributed by atoms with Crippen LogP contribution in [0.3, 0.4) is 0 Å². The Morgan fingerprint density at radius 2 is 2.21 bits per heavy atom. The molecule has 6 heteroatoms. The number of pyridine rings is 1. The summed E-state index contributed by atoms with van der Waals surface area (Å²) in [6.45, 7) is 3.41. The van der Waals surface area contributed by atoms with E-state index in [1.165, 1.54) is 0 Å². The van der Waals surface area contributed by atoms with Crippen LogP contribution in [-0.4, -0.2) is 30.8 Å². The number of rotatable bonds is 3. The van der Waals surface area contributed by atoms with Crippen molar-refractivity contribution < 1.29 is 13.2 Å². The van der Waals surface area contributed by atoms with E-state index in [4.69, 9.17) is 0 Å². The third-order valence-corrected chi connectivity index (χ3v) is 3.35. The molecular weight excluding hydrogens is 255 g/mol. The fourth-order valence-corrected chi connectivity index (χ4v) is 2.38. The summed E-state index contributed by atoms with van der Waals surface area (Å²) < 4.78 is 38.3. The van der Waals surface area contributed by atoms with Crippen molar-refractivity contribution in [1.29, 1.82) is 0 Å². The van der Waals surface area contributed by atoms with Crippen LogP contribution in [0.15, 0.2) is 18.5 Å². The predicted molar refractivity (Wildman–Crippen MR) is 69.4 cm³/mol. The van der Waals surface area contributed by atoms with Crippen LogP contribution < -0.4 is 10.2 Å². The third-order valence-electron chi connectivity index (χ3n) is 3.35. The highest BCUT2D eigenvalue weighted by molar-refractivity contribution is 5.55. The summed E-state index contributed by atoms with van der Waals surface area (Å²) in [4.78, 5) is 5.85. The van der Waals surface area contributed by atoms with Crippen LogP contribution in [0, 0.1) is 5.92 Å². The number of hydrogen-bond acceptors (Lipinski definition) is 3. The number of alkyl halides is 3. The quantitative estimate of drug-likeness (QED) is 0.916. The molecule has 1 atom stereocenters. The van der Waals surface area contributed by atoms with E-state index in [2.05, 4.69) is 10.3 Å². The maximum atomic E-state index is 12.8. The van der Waals surface area contributed by atoms with Crippen LogP contribution in [-0.2, 0) is 0 Å². The van der Waals surface area contributed by atoms with Crippen LogP contribution >= 0.6 is 0 Å². The van der Waals surface area contributed by atoms with Gasteiger partial charge in [0.25, 0.3) is 0 Å². The van der Waals surface area contributed by atoms with Gasteiger partial charge in [-0.05, 0) is 25.8 Å². The minimum Gasteiger partial charge on any atom is -0.384 e. The van der Waals surface area contributed by atoms with Gasteiger partial charge in [-0.1, -0.05) is 0 Å². The largest absolute Gasteiger partial charge is 0.393 e. The van der Waals surface area contributed by atoms with Crippen molar-refractivity contribution in [3.05, 3.63) is 18.5 Å². The molecule has 0 radical (unpaired) electrons. The molecule has 3 nitrogen and oxygen atoms in total. The second kappa shape index (κ2) is 5.67. The average molecular weight is 273 g/mol. The lowest BCUT2D eigenvalue weighted by Gasteiger charge is -2.35. The van der Waals surface area contributed by atoms with Crippen LogP contribution in [0.5, 0.6) is 0 Å². The zero-order valence-electron chi connectivity index (χ0n) is 10.9. The van der Waals surface area contributed by atoms with Gasteiger partial charge in [-0.15, -0.1) is 0 Å². The van der Waals surface area contributed by atoms with Crippen molar-refractivity contribution in [2.75, 3.05) is 29.9 Å². The molecule has 1 fully saturated rings. The van der Waals surface area contributed by atoms with Crippen molar-refractivity contribution in [2.24, 2.45) is 5.92 Å². The zero-order chi connectivity index (χ0) is 13.9. The highest BCUT2D eigenvalue weighted by Gasteiger charge is 2.41. The minimum atomic E-state index is -4.11. The van der Waals surface area contributed by atoms with Crippen LogP contribution in [0.1, 0.15) is 19.8 Å². The van der Waals surface area contributed by atoms with Crippen molar-refractivity contribution in [3.63, 3.8) is 0 Å². The molecule has 0 spiro atoms. The van der Waals surface area contributed by atoms with Crippen molar-refractivity contribution in [3.8, 4) is 0 Å². The fourth-order valence-electron chi connectivity index (χ4n) is 2.38. The van der Waals surface area contributed by atoms with Crippen molar-refractivity contribution in [2.45, 2.75) is 25.9 Å². The number of anilines is 2. The standard InChI is InChI=1S/C13H18F3N3/c1-2-18-11-6-12(8-17-7-11)19-5-3-4-10(9-19)13(14,15)16/h6-8,10,18H,2-5,9H2,1H3. The molecule has 1 unspecified atom stereocenters. The SMILES string of the molecule is CCNc1cncc(N2CCCC(C(F)(F)F)C2)c1. The van der Waals surface area contributed by atoms with Gasteiger partial charge in [0.15, 0.2) is 0 Å². The van der Waals surface area contributed by atoms with Gasteiger partial charge in [0.2, 0.25) is 0 Å². The van der Waals surface area contributed by atoms with Gasteiger partial charge in [0.1, 0.15) is 0 Å². The fraction of sp³-hybridized carbons (Fsp3) is 0.615. The van der Waals surface area contributed by atoms with E-state index in [0.717, 1.165) is 17.9 Å². The molecule has 1 aliphatic rings. The number of halogens is 3. The lowest BCUT2D eigenvalue weighted by atomic mass is 9.97. The Bertz CT molecular complexity index is 420. The van der Waals surface area contributed by atoms with Crippen LogP contribution in [0.4, 0.5) is 24.5 Å². The highest BCUT2D eigenvalue weighted by Crippen LogP contribution is 2.34. The molecule has 1 saturated heterocycles. The Balaban J connectivity index is 2.10. The van der Waals surface area contributed by atoms with E-state index in [9.17, 15) is 13.2 Å². The van der Waals surface area contributed by atoms with Crippen molar-refractivity contribution >= 4 is 11.4 Å². The summed E-state index contributed by atoms with van der Waals surface area (Å²) in [7, 11) is 0. The summed E-state index contributed by atoms with van der Waals surface area (Å²) in [5.41, 5.74) is 1.60. The van der Waals surface area contributed by atoms with E-state index in [1.807, 2.05) is 13.0 Å². The molecule has 0 aromatic carbocycles. The first-order valence-electron chi connectivity index (χ1n) is 6.51. The number of aromatic nitrogens is 1. The van der Waals surface area contributed by atoms with E-state index >= 15 is 0 Å². The van der Waals surface area contributed by atoms with E-state index in [1.54, 1.807) is 17.3 Å². The average Bonchev–Trinajstić information content (AvgIpc) is 2.39. The minimum absolute atomic E-state index is 0.0285. The number of nitrogens with one attached hydrogen (secondary N) is 1. The first-order chi connectivity index (χ1) is 9.00. The van der Waals surface area contributed by atoms with E-state index < -0.39 is 12.1 Å². The molecule has 1 aliphatic heterocycles. The topological polar surface area (TPSA) is 28.2 Å². The Kier molecular flexibility index (Phi) is 4.17. The van der Waals surface area contributed by atoms with Gasteiger partial charge in [-0.25, -0.2) is 0 Å². The predicted octanol–water partition coefficient (Wildman–Crippen LogP) is 3.29. The van der Waals surface area contributed by atoms with Gasteiger partial charge in [0.05, 0.1) is 29.7 Å². The Hall–Kier alpha value is -1.46. The molecule has 2 heterocycles. The van der Waals surface area contributed by atoms with Crippen LogP contribution in [0.2, 0.25) is 0 Å². The molecule has 1 aromatic rings. The molecule has 1 N–H and O–H groups in total. The summed E-state index contributed by atoms with van der Waals surface area (Å²) in [5.74, 6) is -1.23. The van der Waals surface area contributed by atoms with E-state index in [-0.39, 0.29) is 13.0 Å². The van der Waals surface area contributed by atoms with E-state index in [0.29, 0.717) is 13.0 Å². The Morgan fingerprint density at radius 1 is 1.42 bits per heavy atom. The van der Waals surface area contributed by atoms with Gasteiger partial charge in [0, 0.05) is 19.6 Å². The number of piperidine rings is 1. The van der Waals surface area contributed by atoms with Gasteiger partial charge in [-0.2, -0.15) is 13.2 Å². The second-order valence-electron chi connectivity index (χ2n) is 4.79. The molecule has 0 saturated carbocycles. The summed E-state index contributed by atoms with van der Waals surface area (Å²) in [6.07, 6.45) is -0.0148. The first kappa shape index (κ1) is 14.0. The van der Waals surface area contributed by atoms with Gasteiger partial charge < -0.3 is 10.2 Å². The highest BCUT2D eigenvalue weighted by atomic mass is 19.4. The smallest absolute Gasteiger partial charge is 0.384 e. The Morgan fingerprint density at radius 3 is 2.89 bits per heavy atom. The molecule has 0 aliphatic carbocycles. The lowest BCUT2D eigenvalue weighted by Crippen LogP contribution is -2.41. The first-order valence-corrected chi connectivity index (χ1v) is 6.51. The summed E-state index contributed by atoms with van der Waals surface area (Å²) in [5, 5.41) is 3.12. The zero-order valence-corrected chi connectivity index (χ0v) is 10.9.